The van der Waals surface area contributed by atoms with Crippen molar-refractivity contribution < 1.29 is 4.42 Å². The number of furan rings is 1. The summed E-state index contributed by atoms with van der Waals surface area (Å²) in [6, 6.07) is 4.88. The molecule has 1 fully saturated rings. The third kappa shape index (κ3) is 3.95. The first-order valence-corrected chi connectivity index (χ1v) is 7.34. The smallest absolute Gasteiger partial charge is 0.117 e. The fraction of sp³-hybridized carbons (Fsp3) is 0.692. The van der Waals surface area contributed by atoms with Crippen LogP contribution < -0.4 is 0 Å². The lowest BCUT2D eigenvalue weighted by atomic mass is 10.2. The Bertz CT molecular complexity index is 282. The molecule has 1 heterocycles. The van der Waals surface area contributed by atoms with Crippen LogP contribution in [-0.2, 0) is 6.54 Å². The Labute approximate surface area is 106 Å². The quantitative estimate of drug-likeness (QED) is 0.533. The highest BCUT2D eigenvalue weighted by atomic mass is 79.9. The number of alkyl halides is 1. The first-order valence-electron chi connectivity index (χ1n) is 6.22. The number of rotatable bonds is 8. The van der Waals surface area contributed by atoms with Crippen LogP contribution in [-0.4, -0.2) is 22.8 Å². The van der Waals surface area contributed by atoms with Gasteiger partial charge in [0.2, 0.25) is 0 Å². The lowest BCUT2D eigenvalue weighted by molar-refractivity contribution is 0.229. The van der Waals surface area contributed by atoms with Crippen molar-refractivity contribution in [3.8, 4) is 0 Å². The summed E-state index contributed by atoms with van der Waals surface area (Å²) < 4.78 is 5.42. The van der Waals surface area contributed by atoms with Gasteiger partial charge in [0.1, 0.15) is 5.76 Å². The van der Waals surface area contributed by atoms with E-state index in [4.69, 9.17) is 4.42 Å². The molecule has 2 nitrogen and oxygen atoms in total. The lowest BCUT2D eigenvalue weighted by Gasteiger charge is -2.20. The maximum absolute atomic E-state index is 5.42. The van der Waals surface area contributed by atoms with Crippen molar-refractivity contribution in [1.82, 2.24) is 4.90 Å². The number of hydrogen-bond acceptors (Lipinski definition) is 2. The zero-order valence-electron chi connectivity index (χ0n) is 9.70. The Morgan fingerprint density at radius 2 is 2.19 bits per heavy atom. The van der Waals surface area contributed by atoms with Crippen molar-refractivity contribution in [3.63, 3.8) is 0 Å². The molecule has 0 radical (unpaired) electrons. The second-order valence-corrected chi connectivity index (χ2v) is 5.32. The molecule has 0 amide bonds. The van der Waals surface area contributed by atoms with Gasteiger partial charge in [-0.25, -0.2) is 0 Å². The molecule has 0 atom stereocenters. The highest BCUT2D eigenvalue weighted by molar-refractivity contribution is 9.09. The van der Waals surface area contributed by atoms with E-state index in [1.165, 1.54) is 38.6 Å². The van der Waals surface area contributed by atoms with Gasteiger partial charge in [0.05, 0.1) is 12.8 Å². The van der Waals surface area contributed by atoms with Crippen LogP contribution in [0.3, 0.4) is 0 Å². The predicted molar refractivity (Wildman–Crippen MR) is 69.8 cm³/mol. The fourth-order valence-corrected chi connectivity index (χ4v) is 2.42. The third-order valence-electron chi connectivity index (χ3n) is 3.08. The number of nitrogens with zero attached hydrogens (tertiary/aromatic N) is 1. The zero-order chi connectivity index (χ0) is 11.2. The number of unbranched alkanes of at least 4 members (excludes halogenated alkanes) is 2. The van der Waals surface area contributed by atoms with Gasteiger partial charge >= 0.3 is 0 Å². The van der Waals surface area contributed by atoms with Crippen LogP contribution in [0.25, 0.3) is 0 Å². The van der Waals surface area contributed by atoms with Crippen molar-refractivity contribution in [2.45, 2.75) is 44.7 Å². The van der Waals surface area contributed by atoms with Crippen LogP contribution in [0.15, 0.2) is 22.8 Å². The maximum Gasteiger partial charge on any atom is 0.117 e. The van der Waals surface area contributed by atoms with Crippen molar-refractivity contribution in [2.75, 3.05) is 11.9 Å². The van der Waals surface area contributed by atoms with Gasteiger partial charge in [0, 0.05) is 11.4 Å². The summed E-state index contributed by atoms with van der Waals surface area (Å²) in [6.07, 6.45) is 8.44. The van der Waals surface area contributed by atoms with Gasteiger partial charge in [-0.15, -0.1) is 0 Å². The van der Waals surface area contributed by atoms with Gasteiger partial charge in [-0.05, 0) is 44.4 Å². The molecule has 0 aliphatic heterocycles. The predicted octanol–water partition coefficient (Wildman–Crippen LogP) is 3.81. The lowest BCUT2D eigenvalue weighted by Crippen LogP contribution is -2.26. The van der Waals surface area contributed by atoms with E-state index in [0.29, 0.717) is 0 Å². The van der Waals surface area contributed by atoms with Crippen molar-refractivity contribution in [2.24, 2.45) is 0 Å². The molecular weight excluding hydrogens is 266 g/mol. The normalized spacial score (nSPS) is 15.9. The first kappa shape index (κ1) is 12.2. The van der Waals surface area contributed by atoms with Crippen LogP contribution in [0, 0.1) is 0 Å². The van der Waals surface area contributed by atoms with E-state index in [-0.39, 0.29) is 0 Å². The summed E-state index contributed by atoms with van der Waals surface area (Å²) in [6.45, 7) is 2.21. The van der Waals surface area contributed by atoms with Crippen LogP contribution in [0.1, 0.15) is 37.9 Å². The van der Waals surface area contributed by atoms with E-state index in [1.54, 1.807) is 6.26 Å². The second kappa shape index (κ2) is 6.45. The molecule has 90 valence electrons. The molecule has 0 aromatic carbocycles. The largest absolute Gasteiger partial charge is 0.468 e. The topological polar surface area (TPSA) is 16.4 Å². The summed E-state index contributed by atoms with van der Waals surface area (Å²) in [5.74, 6) is 1.10. The van der Waals surface area contributed by atoms with Gasteiger partial charge < -0.3 is 4.42 Å². The minimum atomic E-state index is 0.828. The molecule has 1 aromatic rings. The van der Waals surface area contributed by atoms with Crippen LogP contribution in [0.2, 0.25) is 0 Å². The van der Waals surface area contributed by atoms with Crippen LogP contribution in [0.4, 0.5) is 0 Å². The second-order valence-electron chi connectivity index (χ2n) is 4.53. The van der Waals surface area contributed by atoms with Gasteiger partial charge in [-0.1, -0.05) is 22.4 Å². The zero-order valence-corrected chi connectivity index (χ0v) is 11.3. The van der Waals surface area contributed by atoms with Gasteiger partial charge in [0.15, 0.2) is 0 Å². The van der Waals surface area contributed by atoms with E-state index in [0.717, 1.165) is 23.7 Å². The molecule has 16 heavy (non-hydrogen) atoms. The summed E-state index contributed by atoms with van der Waals surface area (Å²) in [4.78, 5) is 2.58. The van der Waals surface area contributed by atoms with Crippen LogP contribution >= 0.6 is 15.9 Å². The van der Waals surface area contributed by atoms with Crippen molar-refractivity contribution >= 4 is 15.9 Å². The Morgan fingerprint density at radius 3 is 2.81 bits per heavy atom. The van der Waals surface area contributed by atoms with E-state index in [2.05, 4.69) is 26.9 Å². The third-order valence-corrected chi connectivity index (χ3v) is 3.64. The Morgan fingerprint density at radius 1 is 1.31 bits per heavy atom. The molecule has 3 heteroatoms. The summed E-state index contributed by atoms with van der Waals surface area (Å²) in [5.41, 5.74) is 0. The van der Waals surface area contributed by atoms with Gasteiger partial charge in [-0.3, -0.25) is 4.90 Å². The average molecular weight is 286 g/mol. The molecule has 0 bridgehead atoms. The minimum Gasteiger partial charge on any atom is -0.468 e. The molecule has 2 rings (SSSR count). The SMILES string of the molecule is BrCCCCCN(Cc1ccco1)C1CC1. The highest BCUT2D eigenvalue weighted by Gasteiger charge is 2.28. The highest BCUT2D eigenvalue weighted by Crippen LogP contribution is 2.28. The van der Waals surface area contributed by atoms with E-state index >= 15 is 0 Å². The molecule has 0 saturated heterocycles. The standard InChI is InChI=1S/C13H20BrNO/c14-8-2-1-3-9-15(12-6-7-12)11-13-5-4-10-16-13/h4-5,10,12H,1-3,6-9,11H2. The molecule has 0 spiro atoms. The van der Waals surface area contributed by atoms with Crippen molar-refractivity contribution in [3.05, 3.63) is 24.2 Å². The minimum absolute atomic E-state index is 0.828. The number of halogens is 1. The van der Waals surface area contributed by atoms with E-state index in [9.17, 15) is 0 Å². The monoisotopic (exact) mass is 285 g/mol. The molecule has 1 aromatic heterocycles. The first-order chi connectivity index (χ1) is 7.90. The summed E-state index contributed by atoms with van der Waals surface area (Å²) in [7, 11) is 0. The number of hydrogen-bond donors (Lipinski definition) is 0. The molecular formula is C13H20BrNO. The molecule has 1 saturated carbocycles. The van der Waals surface area contributed by atoms with Gasteiger partial charge in [-0.2, -0.15) is 0 Å². The molecule has 0 unspecified atom stereocenters. The van der Waals surface area contributed by atoms with E-state index in [1.807, 2.05) is 6.07 Å². The summed E-state index contributed by atoms with van der Waals surface area (Å²) >= 11 is 3.48. The van der Waals surface area contributed by atoms with E-state index < -0.39 is 0 Å². The maximum atomic E-state index is 5.42. The van der Waals surface area contributed by atoms with Crippen molar-refractivity contribution in [1.29, 1.82) is 0 Å². The average Bonchev–Trinajstić information content (AvgIpc) is 3.02. The summed E-state index contributed by atoms with van der Waals surface area (Å²) in [5, 5.41) is 1.13. The fourth-order valence-electron chi connectivity index (χ4n) is 2.02. The molecule has 0 N–H and O–H groups in total. The molecule has 1 aliphatic rings. The van der Waals surface area contributed by atoms with Crippen LogP contribution in [0.5, 0.6) is 0 Å². The Balaban J connectivity index is 1.72. The van der Waals surface area contributed by atoms with Gasteiger partial charge in [0.25, 0.3) is 0 Å². The Kier molecular flexibility index (Phi) is 4.91. The Hall–Kier alpha value is -0.280. The molecule has 1 aliphatic carbocycles.